The molecular weight excluding hydrogens is 366 g/mol. The van der Waals surface area contributed by atoms with E-state index in [2.05, 4.69) is 10.6 Å². The van der Waals surface area contributed by atoms with Crippen molar-refractivity contribution < 1.29 is 9.59 Å². The molecule has 0 bridgehead atoms. The third-order valence-corrected chi connectivity index (χ3v) is 4.62. The zero-order chi connectivity index (χ0) is 16.7. The molecular formula is C16H20ClN3O2S2. The Balaban J connectivity index is 0.00000288. The molecule has 5 nitrogen and oxygen atoms in total. The molecule has 2 rings (SSSR count). The first kappa shape index (κ1) is 20.5. The Bertz CT molecular complexity index is 665. The molecule has 1 atom stereocenters. The second-order valence-corrected chi connectivity index (χ2v) is 6.82. The van der Waals surface area contributed by atoms with E-state index in [4.69, 9.17) is 5.73 Å². The van der Waals surface area contributed by atoms with E-state index >= 15 is 0 Å². The van der Waals surface area contributed by atoms with Crippen molar-refractivity contribution in [2.24, 2.45) is 5.73 Å². The van der Waals surface area contributed by atoms with E-state index in [0.717, 1.165) is 5.75 Å². The Kier molecular flexibility index (Phi) is 8.84. The van der Waals surface area contributed by atoms with Gasteiger partial charge in [-0.1, -0.05) is 12.1 Å². The molecule has 1 aromatic carbocycles. The van der Waals surface area contributed by atoms with Gasteiger partial charge in [-0.25, -0.2) is 0 Å². The number of hydrogen-bond acceptors (Lipinski definition) is 5. The fraction of sp³-hybridized carbons (Fsp3) is 0.250. The summed E-state index contributed by atoms with van der Waals surface area (Å²) in [6.45, 7) is 0. The van der Waals surface area contributed by atoms with E-state index in [1.165, 1.54) is 11.3 Å². The molecule has 0 spiro atoms. The lowest BCUT2D eigenvalue weighted by Gasteiger charge is -2.12. The van der Waals surface area contributed by atoms with Crippen molar-refractivity contribution in [3.05, 3.63) is 46.7 Å². The first-order valence-corrected chi connectivity index (χ1v) is 9.38. The molecule has 24 heavy (non-hydrogen) atoms. The number of nitrogens with two attached hydrogens (primary N) is 1. The monoisotopic (exact) mass is 385 g/mol. The van der Waals surface area contributed by atoms with Crippen LogP contribution in [-0.4, -0.2) is 29.9 Å². The molecule has 0 unspecified atom stereocenters. The van der Waals surface area contributed by atoms with Crippen molar-refractivity contribution in [3.63, 3.8) is 0 Å². The molecule has 0 aliphatic carbocycles. The number of carbonyl (C=O) groups is 2. The highest BCUT2D eigenvalue weighted by Gasteiger charge is 2.13. The summed E-state index contributed by atoms with van der Waals surface area (Å²) in [5.74, 6) is 0.451. The molecule has 1 aromatic heterocycles. The average Bonchev–Trinajstić information content (AvgIpc) is 3.07. The van der Waals surface area contributed by atoms with Crippen LogP contribution in [0.15, 0.2) is 41.8 Å². The van der Waals surface area contributed by atoms with Crippen molar-refractivity contribution in [2.45, 2.75) is 12.5 Å². The number of halogens is 1. The predicted molar refractivity (Wildman–Crippen MR) is 106 cm³/mol. The summed E-state index contributed by atoms with van der Waals surface area (Å²) in [4.78, 5) is 24.7. The van der Waals surface area contributed by atoms with Gasteiger partial charge in [-0.2, -0.15) is 11.8 Å². The molecule has 2 amide bonds. The maximum Gasteiger partial charge on any atom is 0.265 e. The van der Waals surface area contributed by atoms with E-state index in [-0.39, 0.29) is 24.2 Å². The van der Waals surface area contributed by atoms with E-state index in [1.54, 1.807) is 42.1 Å². The molecule has 0 aliphatic rings. The standard InChI is InChI=1S/C16H19N3O2S2.ClH/c1-22-9-7-13(17)15(20)18-11-4-2-5-12(10-11)19-16(21)14-6-3-8-23-14;/h2-6,8,10,13H,7,9,17H2,1H3,(H,18,20)(H,19,21);1H/t13-;/m0./s1. The van der Waals surface area contributed by atoms with Gasteiger partial charge in [0.15, 0.2) is 0 Å². The Morgan fingerprint density at radius 1 is 1.21 bits per heavy atom. The maximum absolute atomic E-state index is 12.0. The molecule has 130 valence electrons. The number of nitrogens with one attached hydrogen (secondary N) is 2. The van der Waals surface area contributed by atoms with Crippen LogP contribution in [0.5, 0.6) is 0 Å². The number of anilines is 2. The Morgan fingerprint density at radius 3 is 2.54 bits per heavy atom. The van der Waals surface area contributed by atoms with Gasteiger partial charge in [-0.15, -0.1) is 23.7 Å². The van der Waals surface area contributed by atoms with E-state index in [1.807, 2.05) is 17.7 Å². The van der Waals surface area contributed by atoms with Crippen LogP contribution in [0.2, 0.25) is 0 Å². The van der Waals surface area contributed by atoms with Gasteiger partial charge >= 0.3 is 0 Å². The van der Waals surface area contributed by atoms with Gasteiger partial charge in [0, 0.05) is 11.4 Å². The normalized spacial score (nSPS) is 11.2. The summed E-state index contributed by atoms with van der Waals surface area (Å²) < 4.78 is 0. The largest absolute Gasteiger partial charge is 0.325 e. The first-order chi connectivity index (χ1) is 11.1. The Hall–Kier alpha value is -1.54. The minimum absolute atomic E-state index is 0. The molecule has 2 aromatic rings. The number of rotatable bonds is 7. The number of benzene rings is 1. The van der Waals surface area contributed by atoms with Gasteiger partial charge in [0.1, 0.15) is 0 Å². The Labute approximate surface area is 155 Å². The zero-order valence-corrected chi connectivity index (χ0v) is 15.6. The van der Waals surface area contributed by atoms with E-state index in [0.29, 0.717) is 22.7 Å². The van der Waals surface area contributed by atoms with Crippen LogP contribution in [0.25, 0.3) is 0 Å². The van der Waals surface area contributed by atoms with Crippen molar-refractivity contribution in [3.8, 4) is 0 Å². The number of hydrogen-bond donors (Lipinski definition) is 3. The fourth-order valence-electron chi connectivity index (χ4n) is 1.89. The number of thioether (sulfide) groups is 1. The van der Waals surface area contributed by atoms with Crippen LogP contribution in [-0.2, 0) is 4.79 Å². The molecule has 0 radical (unpaired) electrons. The van der Waals surface area contributed by atoms with Crippen LogP contribution in [0.4, 0.5) is 11.4 Å². The third kappa shape index (κ3) is 6.16. The van der Waals surface area contributed by atoms with Gasteiger partial charge in [0.2, 0.25) is 5.91 Å². The van der Waals surface area contributed by atoms with E-state index in [9.17, 15) is 9.59 Å². The second-order valence-electron chi connectivity index (χ2n) is 4.89. The second kappa shape index (κ2) is 10.4. The van der Waals surface area contributed by atoms with Gasteiger partial charge < -0.3 is 16.4 Å². The number of thiophene rings is 1. The van der Waals surface area contributed by atoms with Crippen LogP contribution >= 0.6 is 35.5 Å². The highest BCUT2D eigenvalue weighted by atomic mass is 35.5. The minimum Gasteiger partial charge on any atom is -0.325 e. The van der Waals surface area contributed by atoms with Crippen LogP contribution in [0, 0.1) is 0 Å². The SMILES string of the molecule is CSCC[C@H](N)C(=O)Nc1cccc(NC(=O)c2cccs2)c1.Cl. The summed E-state index contributed by atoms with van der Waals surface area (Å²) in [7, 11) is 0. The highest BCUT2D eigenvalue weighted by Crippen LogP contribution is 2.18. The average molecular weight is 386 g/mol. The molecule has 0 saturated carbocycles. The van der Waals surface area contributed by atoms with Gasteiger partial charge in [-0.05, 0) is 48.1 Å². The molecule has 1 heterocycles. The lowest BCUT2D eigenvalue weighted by molar-refractivity contribution is -0.117. The quantitative estimate of drug-likeness (QED) is 0.681. The predicted octanol–water partition coefficient (Wildman–Crippen LogP) is 3.44. The maximum atomic E-state index is 12.0. The topological polar surface area (TPSA) is 84.2 Å². The smallest absolute Gasteiger partial charge is 0.265 e. The van der Waals surface area contributed by atoms with Crippen LogP contribution < -0.4 is 16.4 Å². The molecule has 4 N–H and O–H groups in total. The number of carbonyl (C=O) groups excluding carboxylic acids is 2. The van der Waals surface area contributed by atoms with E-state index < -0.39 is 6.04 Å². The summed E-state index contributed by atoms with van der Waals surface area (Å²) in [6.07, 6.45) is 2.60. The molecule has 0 saturated heterocycles. The first-order valence-electron chi connectivity index (χ1n) is 7.10. The fourth-order valence-corrected chi connectivity index (χ4v) is 2.99. The number of amides is 2. The van der Waals surface area contributed by atoms with Gasteiger partial charge in [-0.3, -0.25) is 9.59 Å². The van der Waals surface area contributed by atoms with Crippen molar-refractivity contribution in [2.75, 3.05) is 22.6 Å². The van der Waals surface area contributed by atoms with Crippen molar-refractivity contribution >= 4 is 58.7 Å². The lowest BCUT2D eigenvalue weighted by atomic mass is 10.2. The van der Waals surface area contributed by atoms with Crippen LogP contribution in [0.3, 0.4) is 0 Å². The third-order valence-electron chi connectivity index (χ3n) is 3.10. The van der Waals surface area contributed by atoms with Gasteiger partial charge in [0.05, 0.1) is 10.9 Å². The summed E-state index contributed by atoms with van der Waals surface area (Å²) >= 11 is 3.03. The minimum atomic E-state index is -0.535. The summed E-state index contributed by atoms with van der Waals surface area (Å²) in [6, 6.07) is 10.1. The molecule has 8 heteroatoms. The van der Waals surface area contributed by atoms with Crippen molar-refractivity contribution in [1.82, 2.24) is 0 Å². The molecule has 0 fully saturated rings. The summed E-state index contributed by atoms with van der Waals surface area (Å²) in [5.41, 5.74) is 7.07. The zero-order valence-electron chi connectivity index (χ0n) is 13.2. The highest BCUT2D eigenvalue weighted by molar-refractivity contribution is 7.98. The Morgan fingerprint density at radius 2 is 1.92 bits per heavy atom. The molecule has 0 aliphatic heterocycles. The van der Waals surface area contributed by atoms with Crippen LogP contribution in [0.1, 0.15) is 16.1 Å². The van der Waals surface area contributed by atoms with Gasteiger partial charge in [0.25, 0.3) is 5.91 Å². The lowest BCUT2D eigenvalue weighted by Crippen LogP contribution is -2.36. The van der Waals surface area contributed by atoms with Crippen molar-refractivity contribution in [1.29, 1.82) is 0 Å². The summed E-state index contributed by atoms with van der Waals surface area (Å²) in [5, 5.41) is 7.43.